The van der Waals surface area contributed by atoms with Gasteiger partial charge in [0.25, 0.3) is 5.91 Å². The molecule has 2 amide bonds. The van der Waals surface area contributed by atoms with E-state index in [0.717, 1.165) is 12.1 Å². The molecule has 0 spiro atoms. The zero-order valence-electron chi connectivity index (χ0n) is 15.8. The molecule has 1 atom stereocenters. The van der Waals surface area contributed by atoms with Gasteiger partial charge in [0.05, 0.1) is 17.2 Å². The largest absolute Gasteiger partial charge is 0.369 e. The summed E-state index contributed by atoms with van der Waals surface area (Å²) in [6, 6.07) is 15.3. The zero-order valence-corrected chi connectivity index (χ0v) is 15.8. The maximum atomic E-state index is 13.4. The summed E-state index contributed by atoms with van der Waals surface area (Å²) in [5.74, 6) is -1.30. The highest BCUT2D eigenvalue weighted by molar-refractivity contribution is 6.00. The van der Waals surface area contributed by atoms with Crippen LogP contribution in [0.5, 0.6) is 0 Å². The number of para-hydroxylation sites is 1. The van der Waals surface area contributed by atoms with Crippen molar-refractivity contribution in [1.29, 1.82) is 0 Å². The lowest BCUT2D eigenvalue weighted by molar-refractivity contribution is -0.123. The Morgan fingerprint density at radius 1 is 1.07 bits per heavy atom. The van der Waals surface area contributed by atoms with E-state index < -0.39 is 0 Å². The SMILES string of the molecule is NC(=O)C1CCCN(C(=O)c2cn(-c3ccccc3)nc2-c2ccc(F)cc2)C1. The van der Waals surface area contributed by atoms with Crippen LogP contribution in [0.1, 0.15) is 23.2 Å². The molecule has 1 saturated heterocycles. The van der Waals surface area contributed by atoms with E-state index in [4.69, 9.17) is 5.73 Å². The fourth-order valence-corrected chi connectivity index (χ4v) is 3.63. The number of amides is 2. The van der Waals surface area contributed by atoms with E-state index in [1.165, 1.54) is 12.1 Å². The van der Waals surface area contributed by atoms with Crippen molar-refractivity contribution in [2.75, 3.05) is 13.1 Å². The van der Waals surface area contributed by atoms with E-state index in [-0.39, 0.29) is 23.5 Å². The van der Waals surface area contributed by atoms with Crippen LogP contribution >= 0.6 is 0 Å². The van der Waals surface area contributed by atoms with Crippen LogP contribution in [0.3, 0.4) is 0 Å². The molecule has 2 heterocycles. The Hall–Kier alpha value is -3.48. The van der Waals surface area contributed by atoms with E-state index in [9.17, 15) is 14.0 Å². The van der Waals surface area contributed by atoms with Gasteiger partial charge in [0, 0.05) is 24.8 Å². The van der Waals surface area contributed by atoms with Crippen LogP contribution in [0.15, 0.2) is 60.8 Å². The summed E-state index contributed by atoms with van der Waals surface area (Å²) in [5, 5.41) is 4.61. The number of hydrogen-bond acceptors (Lipinski definition) is 3. The van der Waals surface area contributed by atoms with Crippen LogP contribution in [-0.2, 0) is 4.79 Å². The number of rotatable bonds is 4. The van der Waals surface area contributed by atoms with Gasteiger partial charge in [-0.2, -0.15) is 5.10 Å². The molecule has 6 nitrogen and oxygen atoms in total. The Morgan fingerprint density at radius 2 is 1.79 bits per heavy atom. The molecule has 7 heteroatoms. The fourth-order valence-electron chi connectivity index (χ4n) is 3.63. The second-order valence-corrected chi connectivity index (χ2v) is 7.17. The maximum absolute atomic E-state index is 13.4. The molecule has 1 aliphatic heterocycles. The minimum Gasteiger partial charge on any atom is -0.369 e. The Kier molecular flexibility index (Phi) is 5.12. The predicted molar refractivity (Wildman–Crippen MR) is 107 cm³/mol. The number of piperidine rings is 1. The summed E-state index contributed by atoms with van der Waals surface area (Å²) in [4.78, 5) is 26.6. The number of primary amides is 1. The Morgan fingerprint density at radius 3 is 2.48 bits per heavy atom. The van der Waals surface area contributed by atoms with Crippen LogP contribution in [0.25, 0.3) is 16.9 Å². The third-order valence-corrected chi connectivity index (χ3v) is 5.19. The first kappa shape index (κ1) is 18.9. The first-order valence-corrected chi connectivity index (χ1v) is 9.52. The van der Waals surface area contributed by atoms with Gasteiger partial charge in [-0.15, -0.1) is 0 Å². The standard InChI is InChI=1S/C22H21FN4O2/c23-17-10-8-15(9-11-17)20-19(14-27(25-20)18-6-2-1-3-7-18)22(29)26-12-4-5-16(13-26)21(24)28/h1-3,6-11,14,16H,4-5,12-13H2,(H2,24,28). The van der Waals surface area contributed by atoms with Gasteiger partial charge in [0.2, 0.25) is 5.91 Å². The number of carbonyl (C=O) groups excluding carboxylic acids is 2. The predicted octanol–water partition coefficient (Wildman–Crippen LogP) is 3.02. The third-order valence-electron chi connectivity index (χ3n) is 5.19. The van der Waals surface area contributed by atoms with E-state index in [2.05, 4.69) is 5.10 Å². The molecule has 0 bridgehead atoms. The van der Waals surface area contributed by atoms with Crippen molar-refractivity contribution >= 4 is 11.8 Å². The highest BCUT2D eigenvalue weighted by Crippen LogP contribution is 2.27. The van der Waals surface area contributed by atoms with E-state index in [1.54, 1.807) is 27.9 Å². The first-order chi connectivity index (χ1) is 14.0. The molecular formula is C22H21FN4O2. The Balaban J connectivity index is 1.74. The molecule has 0 saturated carbocycles. The van der Waals surface area contributed by atoms with Crippen LogP contribution in [0.4, 0.5) is 4.39 Å². The number of nitrogens with two attached hydrogens (primary N) is 1. The molecule has 2 aromatic carbocycles. The summed E-state index contributed by atoms with van der Waals surface area (Å²) in [7, 11) is 0. The van der Waals surface area contributed by atoms with Crippen LogP contribution in [0.2, 0.25) is 0 Å². The molecule has 29 heavy (non-hydrogen) atoms. The third kappa shape index (κ3) is 3.89. The van der Waals surface area contributed by atoms with Crippen molar-refractivity contribution < 1.29 is 14.0 Å². The molecule has 148 valence electrons. The van der Waals surface area contributed by atoms with Gasteiger partial charge in [0.1, 0.15) is 11.5 Å². The van der Waals surface area contributed by atoms with Gasteiger partial charge in [-0.25, -0.2) is 9.07 Å². The lowest BCUT2D eigenvalue weighted by Crippen LogP contribution is -2.44. The molecule has 2 N–H and O–H groups in total. The molecule has 1 fully saturated rings. The highest BCUT2D eigenvalue weighted by atomic mass is 19.1. The molecule has 1 aliphatic rings. The van der Waals surface area contributed by atoms with Crippen molar-refractivity contribution in [2.45, 2.75) is 12.8 Å². The molecule has 3 aromatic rings. The van der Waals surface area contributed by atoms with Gasteiger partial charge in [-0.1, -0.05) is 18.2 Å². The summed E-state index contributed by atoms with van der Waals surface area (Å²) in [6.07, 6.45) is 3.09. The van der Waals surface area contributed by atoms with Crippen molar-refractivity contribution in [3.8, 4) is 16.9 Å². The monoisotopic (exact) mass is 392 g/mol. The number of halogens is 1. The smallest absolute Gasteiger partial charge is 0.257 e. The van der Waals surface area contributed by atoms with Crippen molar-refractivity contribution in [3.63, 3.8) is 0 Å². The van der Waals surface area contributed by atoms with Gasteiger partial charge in [-0.3, -0.25) is 9.59 Å². The number of benzene rings is 2. The minimum atomic E-state index is -0.388. The van der Waals surface area contributed by atoms with E-state index >= 15 is 0 Å². The number of carbonyl (C=O) groups is 2. The Bertz CT molecular complexity index is 1030. The topological polar surface area (TPSA) is 81.2 Å². The van der Waals surface area contributed by atoms with Gasteiger partial charge in [-0.05, 0) is 49.2 Å². The van der Waals surface area contributed by atoms with Gasteiger partial charge >= 0.3 is 0 Å². The zero-order chi connectivity index (χ0) is 20.4. The quantitative estimate of drug-likeness (QED) is 0.741. The number of hydrogen-bond donors (Lipinski definition) is 1. The Labute approximate surface area is 167 Å². The number of nitrogens with zero attached hydrogens (tertiary/aromatic N) is 3. The average Bonchev–Trinajstić information content (AvgIpc) is 3.20. The van der Waals surface area contributed by atoms with Crippen molar-refractivity contribution in [3.05, 3.63) is 72.2 Å². The second-order valence-electron chi connectivity index (χ2n) is 7.17. The van der Waals surface area contributed by atoms with E-state index in [0.29, 0.717) is 36.3 Å². The van der Waals surface area contributed by atoms with Crippen LogP contribution in [-0.4, -0.2) is 39.6 Å². The molecule has 0 aliphatic carbocycles. The normalized spacial score (nSPS) is 16.6. The summed E-state index contributed by atoms with van der Waals surface area (Å²) >= 11 is 0. The summed E-state index contributed by atoms with van der Waals surface area (Å²) in [6.45, 7) is 0.857. The molecule has 0 radical (unpaired) electrons. The fraction of sp³-hybridized carbons (Fsp3) is 0.227. The number of aromatic nitrogens is 2. The lowest BCUT2D eigenvalue weighted by atomic mass is 9.96. The molecule has 4 rings (SSSR count). The lowest BCUT2D eigenvalue weighted by Gasteiger charge is -2.31. The van der Waals surface area contributed by atoms with Crippen molar-refractivity contribution in [1.82, 2.24) is 14.7 Å². The van der Waals surface area contributed by atoms with Gasteiger partial charge in [0.15, 0.2) is 0 Å². The van der Waals surface area contributed by atoms with Crippen molar-refractivity contribution in [2.24, 2.45) is 11.7 Å². The molecule has 1 unspecified atom stereocenters. The second kappa shape index (κ2) is 7.87. The highest BCUT2D eigenvalue weighted by Gasteiger charge is 2.30. The first-order valence-electron chi connectivity index (χ1n) is 9.52. The van der Waals surface area contributed by atoms with Crippen LogP contribution in [0, 0.1) is 11.7 Å². The maximum Gasteiger partial charge on any atom is 0.257 e. The van der Waals surface area contributed by atoms with Crippen LogP contribution < -0.4 is 5.73 Å². The molecule has 1 aromatic heterocycles. The summed E-state index contributed by atoms with van der Waals surface area (Å²) in [5.41, 5.74) is 7.79. The average molecular weight is 392 g/mol. The minimum absolute atomic E-state index is 0.211. The van der Waals surface area contributed by atoms with E-state index in [1.807, 2.05) is 30.3 Å². The number of likely N-dealkylation sites (tertiary alicyclic amines) is 1. The summed E-state index contributed by atoms with van der Waals surface area (Å²) < 4.78 is 15.0. The van der Waals surface area contributed by atoms with Gasteiger partial charge < -0.3 is 10.6 Å². The molecular weight excluding hydrogens is 371 g/mol.